The van der Waals surface area contributed by atoms with Crippen molar-refractivity contribution in [3.8, 4) is 0 Å². The smallest absolute Gasteiger partial charge is 0.315 e. The Morgan fingerprint density at radius 1 is 1.60 bits per heavy atom. The highest BCUT2D eigenvalue weighted by Gasteiger charge is 2.33. The van der Waals surface area contributed by atoms with Gasteiger partial charge in [0, 0.05) is 18.5 Å². The third kappa shape index (κ3) is 3.49. The molecule has 0 saturated carbocycles. The first-order valence-corrected chi connectivity index (χ1v) is 7.86. The molecular formula is C14H22N2O3S. The molecule has 2 unspecified atom stereocenters. The second-order valence-corrected chi connectivity index (χ2v) is 6.20. The highest BCUT2D eigenvalue weighted by atomic mass is 32.1. The predicted octanol–water partition coefficient (Wildman–Crippen LogP) is 2.43. The quantitative estimate of drug-likeness (QED) is 0.783. The minimum absolute atomic E-state index is 0.143. The standard InChI is InChI=1S/C14H22N2O3S/c1-4-19-13(17)10-5-6-11-12(10)16-14(20-11)15-7-9(2)8-18-3/h9-10H,4-8H2,1-3H3,(H,15,16). The Kier molecular flexibility index (Phi) is 5.37. The molecule has 2 atom stereocenters. The summed E-state index contributed by atoms with van der Waals surface area (Å²) in [4.78, 5) is 17.7. The molecule has 1 N–H and O–H groups in total. The topological polar surface area (TPSA) is 60.5 Å². The number of methoxy groups -OCH3 is 1. The van der Waals surface area contributed by atoms with Crippen LogP contribution in [0.3, 0.4) is 0 Å². The molecule has 112 valence electrons. The molecule has 5 nitrogen and oxygen atoms in total. The van der Waals surface area contributed by atoms with Gasteiger partial charge in [-0.3, -0.25) is 4.79 Å². The molecule has 6 heteroatoms. The van der Waals surface area contributed by atoms with Gasteiger partial charge >= 0.3 is 5.97 Å². The van der Waals surface area contributed by atoms with E-state index in [2.05, 4.69) is 17.2 Å². The zero-order chi connectivity index (χ0) is 14.5. The lowest BCUT2D eigenvalue weighted by Crippen LogP contribution is -2.16. The van der Waals surface area contributed by atoms with E-state index in [0.717, 1.165) is 36.8 Å². The van der Waals surface area contributed by atoms with E-state index < -0.39 is 0 Å². The van der Waals surface area contributed by atoms with Crippen LogP contribution in [0.25, 0.3) is 0 Å². The van der Waals surface area contributed by atoms with Crippen LogP contribution >= 0.6 is 11.3 Å². The summed E-state index contributed by atoms with van der Waals surface area (Å²) in [5.41, 5.74) is 0.912. The fourth-order valence-corrected chi connectivity index (χ4v) is 3.43. The van der Waals surface area contributed by atoms with Crippen molar-refractivity contribution in [3.63, 3.8) is 0 Å². The third-order valence-electron chi connectivity index (χ3n) is 3.34. The van der Waals surface area contributed by atoms with Crippen LogP contribution in [0.15, 0.2) is 0 Å². The summed E-state index contributed by atoms with van der Waals surface area (Å²) in [5, 5.41) is 4.22. The van der Waals surface area contributed by atoms with Gasteiger partial charge in [0.25, 0.3) is 0 Å². The molecule has 0 amide bonds. The summed E-state index contributed by atoms with van der Waals surface area (Å²) < 4.78 is 10.2. The van der Waals surface area contributed by atoms with Gasteiger partial charge in [0.05, 0.1) is 18.9 Å². The first-order valence-electron chi connectivity index (χ1n) is 7.04. The van der Waals surface area contributed by atoms with Crippen molar-refractivity contribution in [1.82, 2.24) is 4.98 Å². The Morgan fingerprint density at radius 2 is 2.40 bits per heavy atom. The molecule has 0 bridgehead atoms. The predicted molar refractivity (Wildman–Crippen MR) is 79.3 cm³/mol. The minimum Gasteiger partial charge on any atom is -0.465 e. The van der Waals surface area contributed by atoms with Crippen LogP contribution in [0.2, 0.25) is 0 Å². The molecule has 0 radical (unpaired) electrons. The number of nitrogens with zero attached hydrogens (tertiary/aromatic N) is 1. The molecular weight excluding hydrogens is 276 g/mol. The average Bonchev–Trinajstić information content (AvgIpc) is 2.96. The number of anilines is 1. The van der Waals surface area contributed by atoms with Crippen LogP contribution in [-0.2, 0) is 20.7 Å². The highest BCUT2D eigenvalue weighted by molar-refractivity contribution is 7.15. The van der Waals surface area contributed by atoms with E-state index in [9.17, 15) is 4.79 Å². The summed E-state index contributed by atoms with van der Waals surface area (Å²) >= 11 is 1.65. The maximum atomic E-state index is 11.9. The van der Waals surface area contributed by atoms with E-state index in [-0.39, 0.29) is 11.9 Å². The van der Waals surface area contributed by atoms with Gasteiger partial charge < -0.3 is 14.8 Å². The zero-order valence-electron chi connectivity index (χ0n) is 12.3. The monoisotopic (exact) mass is 298 g/mol. The van der Waals surface area contributed by atoms with Crippen LogP contribution < -0.4 is 5.32 Å². The summed E-state index contributed by atoms with van der Waals surface area (Å²) in [5.74, 6) is 0.114. The number of carbonyl (C=O) groups excluding carboxylic acids is 1. The number of fused-ring (bicyclic) bond motifs is 1. The van der Waals surface area contributed by atoms with Gasteiger partial charge in [-0.25, -0.2) is 4.98 Å². The summed E-state index contributed by atoms with van der Waals surface area (Å²) in [7, 11) is 1.71. The van der Waals surface area contributed by atoms with Crippen molar-refractivity contribution in [1.29, 1.82) is 0 Å². The largest absolute Gasteiger partial charge is 0.465 e. The lowest BCUT2D eigenvalue weighted by atomic mass is 10.1. The van der Waals surface area contributed by atoms with Crippen molar-refractivity contribution in [2.24, 2.45) is 5.92 Å². The van der Waals surface area contributed by atoms with Crippen LogP contribution in [0.4, 0.5) is 5.13 Å². The highest BCUT2D eigenvalue weighted by Crippen LogP contribution is 2.38. The number of hydrogen-bond donors (Lipinski definition) is 1. The molecule has 1 aromatic heterocycles. The van der Waals surface area contributed by atoms with Crippen molar-refractivity contribution in [3.05, 3.63) is 10.6 Å². The molecule has 1 heterocycles. The van der Waals surface area contributed by atoms with E-state index in [1.54, 1.807) is 18.4 Å². The number of hydrogen-bond acceptors (Lipinski definition) is 6. The number of thiazole rings is 1. The van der Waals surface area contributed by atoms with Crippen molar-refractivity contribution in [2.45, 2.75) is 32.6 Å². The second-order valence-electron chi connectivity index (χ2n) is 5.11. The molecule has 0 aromatic carbocycles. The Balaban J connectivity index is 1.96. The van der Waals surface area contributed by atoms with Gasteiger partial charge in [-0.15, -0.1) is 11.3 Å². The lowest BCUT2D eigenvalue weighted by molar-refractivity contribution is -0.145. The maximum absolute atomic E-state index is 11.9. The maximum Gasteiger partial charge on any atom is 0.315 e. The third-order valence-corrected chi connectivity index (χ3v) is 4.43. The van der Waals surface area contributed by atoms with Gasteiger partial charge in [0.15, 0.2) is 5.13 Å². The van der Waals surface area contributed by atoms with E-state index >= 15 is 0 Å². The van der Waals surface area contributed by atoms with Gasteiger partial charge in [-0.1, -0.05) is 6.92 Å². The van der Waals surface area contributed by atoms with Gasteiger partial charge in [0.1, 0.15) is 5.92 Å². The van der Waals surface area contributed by atoms with Crippen LogP contribution in [0.1, 0.15) is 36.8 Å². The van der Waals surface area contributed by atoms with Gasteiger partial charge in [-0.2, -0.15) is 0 Å². The van der Waals surface area contributed by atoms with Crippen molar-refractivity contribution in [2.75, 3.05) is 32.2 Å². The van der Waals surface area contributed by atoms with E-state index in [1.807, 2.05) is 6.92 Å². The molecule has 0 aliphatic heterocycles. The van der Waals surface area contributed by atoms with Gasteiger partial charge in [0.2, 0.25) is 0 Å². The average molecular weight is 298 g/mol. The number of esters is 1. The first-order chi connectivity index (χ1) is 9.65. The van der Waals surface area contributed by atoms with Crippen molar-refractivity contribution < 1.29 is 14.3 Å². The lowest BCUT2D eigenvalue weighted by Gasteiger charge is -2.11. The summed E-state index contributed by atoms with van der Waals surface area (Å²) in [6, 6.07) is 0. The molecule has 2 rings (SSSR count). The normalized spacial score (nSPS) is 18.6. The number of aromatic nitrogens is 1. The fraction of sp³-hybridized carbons (Fsp3) is 0.714. The molecule has 0 spiro atoms. The number of rotatable bonds is 7. The Bertz CT molecular complexity index is 461. The SMILES string of the molecule is CCOC(=O)C1CCc2sc(NCC(C)COC)nc21. The van der Waals surface area contributed by atoms with E-state index in [4.69, 9.17) is 9.47 Å². The first kappa shape index (κ1) is 15.3. The number of aryl methyl sites for hydroxylation is 1. The van der Waals surface area contributed by atoms with Crippen LogP contribution in [0.5, 0.6) is 0 Å². The number of ether oxygens (including phenoxy) is 2. The number of carbonyl (C=O) groups is 1. The molecule has 0 saturated heterocycles. The summed E-state index contributed by atoms with van der Waals surface area (Å²) in [6.07, 6.45) is 1.75. The molecule has 1 aliphatic carbocycles. The Labute approximate surface area is 123 Å². The van der Waals surface area contributed by atoms with Crippen molar-refractivity contribution >= 4 is 22.4 Å². The molecule has 0 fully saturated rings. The molecule has 1 aromatic rings. The molecule has 20 heavy (non-hydrogen) atoms. The van der Waals surface area contributed by atoms with E-state index in [0.29, 0.717) is 12.5 Å². The Hall–Kier alpha value is -1.14. The molecule has 1 aliphatic rings. The Morgan fingerprint density at radius 3 is 3.10 bits per heavy atom. The summed E-state index contributed by atoms with van der Waals surface area (Å²) in [6.45, 7) is 5.93. The zero-order valence-corrected chi connectivity index (χ0v) is 13.1. The fourth-order valence-electron chi connectivity index (χ4n) is 2.38. The van der Waals surface area contributed by atoms with E-state index in [1.165, 1.54) is 4.88 Å². The second kappa shape index (κ2) is 7.04. The van der Waals surface area contributed by atoms with Gasteiger partial charge in [-0.05, 0) is 25.7 Å². The van der Waals surface area contributed by atoms with Crippen LogP contribution in [-0.4, -0.2) is 37.8 Å². The number of nitrogens with one attached hydrogen (secondary N) is 1. The minimum atomic E-state index is -0.173. The van der Waals surface area contributed by atoms with Crippen LogP contribution in [0, 0.1) is 5.92 Å².